The summed E-state index contributed by atoms with van der Waals surface area (Å²) < 4.78 is 39.3. The highest BCUT2D eigenvalue weighted by Gasteiger charge is 2.32. The Labute approximate surface area is 153 Å². The van der Waals surface area contributed by atoms with Crippen LogP contribution in [0.2, 0.25) is 0 Å². The topological polar surface area (TPSA) is 94.8 Å². The lowest BCUT2D eigenvalue weighted by atomic mass is 10.2. The van der Waals surface area contributed by atoms with Crippen LogP contribution in [0.15, 0.2) is 28.8 Å². The Hall–Kier alpha value is -1.97. The van der Waals surface area contributed by atoms with Gasteiger partial charge in [0.25, 0.3) is 0 Å². The second kappa shape index (κ2) is 8.15. The van der Waals surface area contributed by atoms with Crippen LogP contribution in [0.25, 0.3) is 11.4 Å². The van der Waals surface area contributed by atoms with Crippen LogP contribution in [0.5, 0.6) is 5.75 Å². The first-order valence-electron chi connectivity index (χ1n) is 8.41. The molecule has 0 amide bonds. The molecule has 8 nitrogen and oxygen atoms in total. The van der Waals surface area contributed by atoms with E-state index in [0.717, 1.165) is 11.3 Å². The molecule has 1 aliphatic heterocycles. The average Bonchev–Trinajstić information content (AvgIpc) is 3.25. The molecule has 1 saturated heterocycles. The monoisotopic (exact) mass is 381 g/mol. The highest BCUT2D eigenvalue weighted by atomic mass is 32.2. The first-order chi connectivity index (χ1) is 12.5. The number of sulfone groups is 1. The Morgan fingerprint density at radius 1 is 1.27 bits per heavy atom. The van der Waals surface area contributed by atoms with Gasteiger partial charge in [-0.25, -0.2) is 8.42 Å². The molecule has 0 N–H and O–H groups in total. The molecule has 142 valence electrons. The van der Waals surface area contributed by atoms with E-state index in [-0.39, 0.29) is 17.5 Å². The second-order valence-corrected chi connectivity index (χ2v) is 8.49. The fourth-order valence-electron chi connectivity index (χ4n) is 3.01. The first-order valence-corrected chi connectivity index (χ1v) is 10.2. The van der Waals surface area contributed by atoms with E-state index in [0.29, 0.717) is 37.8 Å². The van der Waals surface area contributed by atoms with E-state index >= 15 is 0 Å². The molecule has 2 aromatic rings. The maximum atomic E-state index is 11.8. The molecular formula is C17H23N3O5S. The quantitative estimate of drug-likeness (QED) is 0.677. The normalized spacial score (nSPS) is 19.1. The predicted octanol–water partition coefficient (Wildman–Crippen LogP) is 1.38. The zero-order valence-corrected chi connectivity index (χ0v) is 15.7. The Balaban J connectivity index is 1.71. The molecule has 0 unspecified atom stereocenters. The van der Waals surface area contributed by atoms with Crippen molar-refractivity contribution >= 4 is 9.84 Å². The van der Waals surface area contributed by atoms with E-state index in [1.807, 2.05) is 29.2 Å². The zero-order chi connectivity index (χ0) is 18.6. The SMILES string of the molecule is COCCN(Cc1nc(-c2ccc(OC)cc2)no1)[C@H]1CCS(=O)(=O)C1. The van der Waals surface area contributed by atoms with Crippen LogP contribution in [-0.4, -0.2) is 68.4 Å². The molecule has 0 radical (unpaired) electrons. The summed E-state index contributed by atoms with van der Waals surface area (Å²) in [5, 5.41) is 4.03. The lowest BCUT2D eigenvalue weighted by Crippen LogP contribution is -2.38. The van der Waals surface area contributed by atoms with Crippen LogP contribution < -0.4 is 4.74 Å². The number of rotatable bonds is 8. The van der Waals surface area contributed by atoms with E-state index in [9.17, 15) is 8.42 Å². The Bertz CT molecular complexity index is 819. The summed E-state index contributed by atoms with van der Waals surface area (Å²) in [5.74, 6) is 2.09. The van der Waals surface area contributed by atoms with Gasteiger partial charge in [0.15, 0.2) is 9.84 Å². The number of hydrogen-bond donors (Lipinski definition) is 0. The van der Waals surface area contributed by atoms with Crippen molar-refractivity contribution in [1.82, 2.24) is 15.0 Å². The molecule has 1 atom stereocenters. The van der Waals surface area contributed by atoms with Gasteiger partial charge in [0.1, 0.15) is 5.75 Å². The van der Waals surface area contributed by atoms with E-state index < -0.39 is 9.84 Å². The summed E-state index contributed by atoms with van der Waals surface area (Å²) in [6.45, 7) is 1.51. The van der Waals surface area contributed by atoms with Crippen molar-refractivity contribution in [2.75, 3.05) is 38.9 Å². The van der Waals surface area contributed by atoms with Crippen molar-refractivity contribution in [2.24, 2.45) is 0 Å². The highest BCUT2D eigenvalue weighted by molar-refractivity contribution is 7.91. The van der Waals surface area contributed by atoms with Gasteiger partial charge < -0.3 is 14.0 Å². The van der Waals surface area contributed by atoms with Gasteiger partial charge in [0, 0.05) is 25.3 Å². The summed E-state index contributed by atoms with van der Waals surface area (Å²) in [6, 6.07) is 7.34. The van der Waals surface area contributed by atoms with Gasteiger partial charge >= 0.3 is 0 Å². The summed E-state index contributed by atoms with van der Waals surface area (Å²) >= 11 is 0. The van der Waals surface area contributed by atoms with Crippen LogP contribution in [0, 0.1) is 0 Å². The maximum Gasteiger partial charge on any atom is 0.241 e. The average molecular weight is 381 g/mol. The molecule has 0 saturated carbocycles. The summed E-state index contributed by atoms with van der Waals surface area (Å²) in [7, 11) is 0.270. The number of benzene rings is 1. The third-order valence-corrected chi connectivity index (χ3v) is 6.21. The van der Waals surface area contributed by atoms with Crippen molar-refractivity contribution in [3.05, 3.63) is 30.2 Å². The van der Waals surface area contributed by atoms with E-state index in [1.165, 1.54) is 0 Å². The van der Waals surface area contributed by atoms with Crippen molar-refractivity contribution in [3.8, 4) is 17.1 Å². The summed E-state index contributed by atoms with van der Waals surface area (Å²) in [4.78, 5) is 6.48. The van der Waals surface area contributed by atoms with Crippen LogP contribution >= 0.6 is 0 Å². The summed E-state index contributed by atoms with van der Waals surface area (Å²) in [5.41, 5.74) is 0.827. The van der Waals surface area contributed by atoms with Crippen LogP contribution in [0.3, 0.4) is 0 Å². The Kier molecular flexibility index (Phi) is 5.90. The molecule has 0 aliphatic carbocycles. The molecule has 26 heavy (non-hydrogen) atoms. The minimum atomic E-state index is -2.96. The molecule has 9 heteroatoms. The number of nitrogens with zero attached hydrogens (tertiary/aromatic N) is 3. The highest BCUT2D eigenvalue weighted by Crippen LogP contribution is 2.22. The summed E-state index contributed by atoms with van der Waals surface area (Å²) in [6.07, 6.45) is 0.617. The molecule has 1 aromatic carbocycles. The van der Waals surface area contributed by atoms with Gasteiger partial charge in [0.05, 0.1) is 31.8 Å². The van der Waals surface area contributed by atoms with Crippen LogP contribution in [0.4, 0.5) is 0 Å². The lowest BCUT2D eigenvalue weighted by molar-refractivity contribution is 0.112. The Morgan fingerprint density at radius 2 is 2.04 bits per heavy atom. The van der Waals surface area contributed by atoms with Gasteiger partial charge in [-0.3, -0.25) is 4.90 Å². The van der Waals surface area contributed by atoms with Gasteiger partial charge in [-0.1, -0.05) is 5.16 Å². The molecule has 2 heterocycles. The van der Waals surface area contributed by atoms with E-state index in [4.69, 9.17) is 14.0 Å². The minimum Gasteiger partial charge on any atom is -0.497 e. The van der Waals surface area contributed by atoms with Crippen LogP contribution in [-0.2, 0) is 21.1 Å². The van der Waals surface area contributed by atoms with Gasteiger partial charge in [-0.05, 0) is 30.7 Å². The maximum absolute atomic E-state index is 11.8. The lowest BCUT2D eigenvalue weighted by Gasteiger charge is -2.25. The van der Waals surface area contributed by atoms with Crippen molar-refractivity contribution in [3.63, 3.8) is 0 Å². The van der Waals surface area contributed by atoms with Gasteiger partial charge in [-0.2, -0.15) is 4.98 Å². The molecule has 1 aromatic heterocycles. The predicted molar refractivity (Wildman–Crippen MR) is 95.6 cm³/mol. The molecule has 0 spiro atoms. The largest absolute Gasteiger partial charge is 0.497 e. The molecule has 3 rings (SSSR count). The van der Waals surface area contributed by atoms with Crippen molar-refractivity contribution < 1.29 is 22.4 Å². The number of methoxy groups -OCH3 is 2. The van der Waals surface area contributed by atoms with Gasteiger partial charge in [-0.15, -0.1) is 0 Å². The molecule has 1 aliphatic rings. The third-order valence-electron chi connectivity index (χ3n) is 4.46. The van der Waals surface area contributed by atoms with Crippen LogP contribution in [0.1, 0.15) is 12.3 Å². The number of hydrogen-bond acceptors (Lipinski definition) is 8. The smallest absolute Gasteiger partial charge is 0.241 e. The number of ether oxygens (including phenoxy) is 2. The Morgan fingerprint density at radius 3 is 2.65 bits per heavy atom. The standard InChI is InChI=1S/C17H23N3O5S/c1-23-9-8-20(14-7-10-26(21,22)12-14)11-16-18-17(19-25-16)13-3-5-15(24-2)6-4-13/h3-6,14H,7-12H2,1-2H3/t14-/m0/s1. The van der Waals surface area contributed by atoms with E-state index in [1.54, 1.807) is 14.2 Å². The van der Waals surface area contributed by atoms with E-state index in [2.05, 4.69) is 10.1 Å². The minimum absolute atomic E-state index is 0.0495. The third kappa shape index (κ3) is 4.60. The number of aromatic nitrogens is 2. The van der Waals surface area contributed by atoms with Gasteiger partial charge in [0.2, 0.25) is 11.7 Å². The fraction of sp³-hybridized carbons (Fsp3) is 0.529. The molecular weight excluding hydrogens is 358 g/mol. The van der Waals surface area contributed by atoms with Crippen molar-refractivity contribution in [1.29, 1.82) is 0 Å². The molecule has 0 bridgehead atoms. The molecule has 1 fully saturated rings. The second-order valence-electron chi connectivity index (χ2n) is 6.26. The zero-order valence-electron chi connectivity index (χ0n) is 14.9. The van der Waals surface area contributed by atoms with Crippen molar-refractivity contribution in [2.45, 2.75) is 19.0 Å². The first kappa shape index (κ1) is 18.8. The fourth-order valence-corrected chi connectivity index (χ4v) is 4.77.